The topological polar surface area (TPSA) is 99.7 Å². The Morgan fingerprint density at radius 1 is 1.05 bits per heavy atom. The van der Waals surface area contributed by atoms with Gasteiger partial charge in [-0.05, 0) is 24.3 Å². The van der Waals surface area contributed by atoms with E-state index in [9.17, 15) is 15.3 Å². The largest absolute Gasteiger partial charge is 0.419 e. The summed E-state index contributed by atoms with van der Waals surface area (Å²) < 4.78 is 5.02. The number of carbonyl (C=O) groups is 1. The normalized spacial score (nSPS) is 10.1. The molecule has 0 aliphatic rings. The Labute approximate surface area is 114 Å². The number of esters is 1. The van der Waals surface area contributed by atoms with Gasteiger partial charge in [-0.15, -0.1) is 0 Å². The highest BCUT2D eigenvalue weighted by Crippen LogP contribution is 2.23. The number of aromatic nitrogens is 2. The summed E-state index contributed by atoms with van der Waals surface area (Å²) in [6.45, 7) is 0. The first-order chi connectivity index (χ1) is 9.72. The Morgan fingerprint density at radius 2 is 1.70 bits per heavy atom. The lowest BCUT2D eigenvalue weighted by Gasteiger charge is -2.18. The van der Waals surface area contributed by atoms with Gasteiger partial charge in [0.1, 0.15) is 23.5 Å². The minimum Gasteiger partial charge on any atom is -0.419 e. The van der Waals surface area contributed by atoms with E-state index in [0.29, 0.717) is 0 Å². The summed E-state index contributed by atoms with van der Waals surface area (Å²) in [5, 5.41) is 18.4. The van der Waals surface area contributed by atoms with Gasteiger partial charge in [-0.2, -0.15) is 10.5 Å². The molecule has 2 aromatic rings. The molecule has 0 fully saturated rings. The zero-order valence-electron chi connectivity index (χ0n) is 10.2. The van der Waals surface area contributed by atoms with Crippen LogP contribution >= 0.6 is 0 Å². The molecule has 0 amide bonds. The van der Waals surface area contributed by atoms with Crippen LogP contribution in [0.1, 0.15) is 16.2 Å². The highest BCUT2D eigenvalue weighted by Gasteiger charge is 2.39. The zero-order chi connectivity index (χ0) is 14.4. The summed E-state index contributed by atoms with van der Waals surface area (Å²) in [4.78, 5) is 19.6. The predicted octanol–water partition coefficient (Wildman–Crippen LogP) is 1.58. The second-order valence-corrected chi connectivity index (χ2v) is 3.72. The Balaban J connectivity index is 2.35. The average Bonchev–Trinajstić information content (AvgIpc) is 2.54. The van der Waals surface area contributed by atoms with Gasteiger partial charge in [-0.25, -0.2) is 9.78 Å². The fourth-order valence-corrected chi connectivity index (χ4v) is 1.48. The molecule has 0 N–H and O–H groups in total. The summed E-state index contributed by atoms with van der Waals surface area (Å²) in [5.74, 6) is -0.862. The molecule has 0 saturated heterocycles. The van der Waals surface area contributed by atoms with Gasteiger partial charge in [0.2, 0.25) is 0 Å². The fraction of sp³-hybridized carbons (Fsp3) is 0.0714. The minimum atomic E-state index is -2.09. The van der Waals surface area contributed by atoms with E-state index in [1.54, 1.807) is 36.4 Å². The van der Waals surface area contributed by atoms with Gasteiger partial charge >= 0.3 is 11.6 Å². The van der Waals surface area contributed by atoms with E-state index >= 15 is 0 Å². The van der Waals surface area contributed by atoms with Gasteiger partial charge in [0.25, 0.3) is 0 Å². The number of ether oxygens (including phenoxy) is 1. The molecule has 0 unspecified atom stereocenters. The van der Waals surface area contributed by atoms with Crippen LogP contribution in [0.15, 0.2) is 48.8 Å². The molecule has 6 heteroatoms. The second kappa shape index (κ2) is 5.59. The molecular formula is C14H8N4O2. The summed E-state index contributed by atoms with van der Waals surface area (Å²) in [6, 6.07) is 12.7. The van der Waals surface area contributed by atoms with Crippen LogP contribution in [0.2, 0.25) is 0 Å². The Hall–Kier alpha value is -3.25. The van der Waals surface area contributed by atoms with Crippen molar-refractivity contribution < 1.29 is 9.53 Å². The number of hydrogen-bond donors (Lipinski definition) is 0. The summed E-state index contributed by atoms with van der Waals surface area (Å²) in [6.07, 6.45) is 2.82. The lowest BCUT2D eigenvalue weighted by molar-refractivity contribution is 0.0219. The van der Waals surface area contributed by atoms with Gasteiger partial charge in [-0.3, -0.25) is 4.98 Å². The molecule has 2 aromatic heterocycles. The van der Waals surface area contributed by atoms with Crippen LogP contribution in [0.5, 0.6) is 0 Å². The molecule has 0 atom stereocenters. The lowest BCUT2D eigenvalue weighted by atomic mass is 10.0. The smallest absolute Gasteiger partial charge is 0.359 e. The van der Waals surface area contributed by atoms with E-state index in [1.807, 2.05) is 0 Å². The van der Waals surface area contributed by atoms with Crippen molar-refractivity contribution >= 4 is 5.97 Å². The van der Waals surface area contributed by atoms with Crippen LogP contribution in [0.3, 0.4) is 0 Å². The SMILES string of the molecule is N#CC(C#N)(OC(=O)c1ccccn1)c1ccccn1. The van der Waals surface area contributed by atoms with Gasteiger partial charge in [-0.1, -0.05) is 12.1 Å². The third-order valence-electron chi connectivity index (χ3n) is 2.46. The number of carbonyl (C=O) groups excluding carboxylic acids is 1. The maximum Gasteiger partial charge on any atom is 0.359 e. The van der Waals surface area contributed by atoms with Crippen molar-refractivity contribution in [1.29, 1.82) is 10.5 Å². The number of rotatable bonds is 3. The molecule has 0 aliphatic heterocycles. The Morgan fingerprint density at radius 3 is 2.20 bits per heavy atom. The monoisotopic (exact) mass is 264 g/mol. The average molecular weight is 264 g/mol. The van der Waals surface area contributed by atoms with Crippen LogP contribution in [0, 0.1) is 22.7 Å². The number of nitriles is 2. The van der Waals surface area contributed by atoms with Crippen molar-refractivity contribution in [2.45, 2.75) is 5.60 Å². The standard InChI is InChI=1S/C14H8N4O2/c15-9-14(10-16,12-6-2-4-8-18-12)20-13(19)11-5-1-3-7-17-11/h1-8H. The molecule has 6 nitrogen and oxygen atoms in total. The number of nitrogens with zero attached hydrogens (tertiary/aromatic N) is 4. The molecule has 0 saturated carbocycles. The van der Waals surface area contributed by atoms with Crippen molar-refractivity contribution in [2.24, 2.45) is 0 Å². The van der Waals surface area contributed by atoms with E-state index in [4.69, 9.17) is 4.74 Å². The first-order valence-corrected chi connectivity index (χ1v) is 5.60. The van der Waals surface area contributed by atoms with Crippen LogP contribution in [0.25, 0.3) is 0 Å². The first-order valence-electron chi connectivity index (χ1n) is 5.60. The molecule has 20 heavy (non-hydrogen) atoms. The molecule has 0 spiro atoms. The van der Waals surface area contributed by atoms with E-state index in [0.717, 1.165) is 0 Å². The fourth-order valence-electron chi connectivity index (χ4n) is 1.48. The first kappa shape index (κ1) is 13.2. The van der Waals surface area contributed by atoms with Crippen molar-refractivity contribution in [3.63, 3.8) is 0 Å². The summed E-state index contributed by atoms with van der Waals surface area (Å²) in [5.41, 5.74) is -2.02. The van der Waals surface area contributed by atoms with E-state index in [-0.39, 0.29) is 11.4 Å². The molecular weight excluding hydrogens is 256 g/mol. The molecule has 0 aromatic carbocycles. The quantitative estimate of drug-likeness (QED) is 0.780. The summed E-state index contributed by atoms with van der Waals surface area (Å²) in [7, 11) is 0. The number of pyridine rings is 2. The van der Waals surface area contributed by atoms with Gasteiger partial charge in [0, 0.05) is 12.4 Å². The van der Waals surface area contributed by atoms with Crippen molar-refractivity contribution in [1.82, 2.24) is 9.97 Å². The van der Waals surface area contributed by atoms with Crippen LogP contribution in [-0.4, -0.2) is 15.9 Å². The Bertz CT molecular complexity index is 673. The van der Waals surface area contributed by atoms with Crippen LogP contribution in [0.4, 0.5) is 0 Å². The van der Waals surface area contributed by atoms with Crippen molar-refractivity contribution in [3.8, 4) is 12.1 Å². The third-order valence-corrected chi connectivity index (χ3v) is 2.46. The van der Waals surface area contributed by atoms with Crippen LogP contribution < -0.4 is 0 Å². The molecule has 0 bridgehead atoms. The predicted molar refractivity (Wildman–Crippen MR) is 66.8 cm³/mol. The maximum absolute atomic E-state index is 11.9. The van der Waals surface area contributed by atoms with E-state index in [2.05, 4.69) is 9.97 Å². The lowest BCUT2D eigenvalue weighted by Crippen LogP contribution is -2.30. The van der Waals surface area contributed by atoms with Gasteiger partial charge < -0.3 is 4.74 Å². The van der Waals surface area contributed by atoms with Crippen molar-refractivity contribution in [2.75, 3.05) is 0 Å². The summed E-state index contributed by atoms with van der Waals surface area (Å²) >= 11 is 0. The minimum absolute atomic E-state index is 0.0123. The Kier molecular flexibility index (Phi) is 3.69. The zero-order valence-corrected chi connectivity index (χ0v) is 10.2. The maximum atomic E-state index is 11.9. The highest BCUT2D eigenvalue weighted by atomic mass is 16.6. The third kappa shape index (κ3) is 2.45. The number of hydrogen-bond acceptors (Lipinski definition) is 6. The van der Waals surface area contributed by atoms with Gasteiger partial charge in [0.15, 0.2) is 0 Å². The van der Waals surface area contributed by atoms with E-state index < -0.39 is 11.6 Å². The van der Waals surface area contributed by atoms with Gasteiger partial charge in [0.05, 0.1) is 0 Å². The van der Waals surface area contributed by atoms with E-state index in [1.165, 1.54) is 24.5 Å². The van der Waals surface area contributed by atoms with Crippen LogP contribution in [-0.2, 0) is 10.3 Å². The molecule has 2 rings (SSSR count). The highest BCUT2D eigenvalue weighted by molar-refractivity contribution is 5.87. The molecule has 0 radical (unpaired) electrons. The molecule has 96 valence electrons. The molecule has 0 aliphatic carbocycles. The van der Waals surface area contributed by atoms with Crippen molar-refractivity contribution in [3.05, 3.63) is 60.2 Å². The molecule has 2 heterocycles. The second-order valence-electron chi connectivity index (χ2n) is 3.72.